The molecule has 1 heterocycles. The zero-order valence-corrected chi connectivity index (χ0v) is 15.3. The SMILES string of the molecule is CCC(NC(=O)c1cnn(CC)c1C)C12CC3CC(CC(C3)C1)C2. The number of nitrogens with zero attached hydrogens (tertiary/aromatic N) is 2. The Balaban J connectivity index is 1.54. The van der Waals surface area contributed by atoms with Gasteiger partial charge in [-0.2, -0.15) is 5.10 Å². The summed E-state index contributed by atoms with van der Waals surface area (Å²) in [6.45, 7) is 7.11. The van der Waals surface area contributed by atoms with E-state index in [-0.39, 0.29) is 5.91 Å². The normalized spacial score (nSPS) is 35.2. The molecule has 132 valence electrons. The Labute approximate surface area is 145 Å². The van der Waals surface area contributed by atoms with Crippen molar-refractivity contribution in [3.63, 3.8) is 0 Å². The van der Waals surface area contributed by atoms with Crippen molar-refractivity contribution < 1.29 is 4.79 Å². The Morgan fingerprint density at radius 2 is 1.83 bits per heavy atom. The summed E-state index contributed by atoms with van der Waals surface area (Å²) in [7, 11) is 0. The van der Waals surface area contributed by atoms with Crippen LogP contribution in [0.1, 0.15) is 74.8 Å². The Hall–Kier alpha value is -1.32. The van der Waals surface area contributed by atoms with Gasteiger partial charge < -0.3 is 5.32 Å². The van der Waals surface area contributed by atoms with Crippen LogP contribution in [-0.2, 0) is 6.54 Å². The molecule has 5 rings (SSSR count). The fraction of sp³-hybridized carbons (Fsp3) is 0.800. The highest BCUT2D eigenvalue weighted by atomic mass is 16.1. The van der Waals surface area contributed by atoms with Gasteiger partial charge in [-0.05, 0) is 82.0 Å². The van der Waals surface area contributed by atoms with Crippen LogP contribution in [0.3, 0.4) is 0 Å². The molecule has 0 radical (unpaired) electrons. The van der Waals surface area contributed by atoms with E-state index in [0.717, 1.165) is 42.0 Å². The summed E-state index contributed by atoms with van der Waals surface area (Å²) in [5, 5.41) is 7.76. The fourth-order valence-corrected chi connectivity index (χ4v) is 6.52. The third kappa shape index (κ3) is 2.49. The van der Waals surface area contributed by atoms with E-state index in [1.807, 2.05) is 11.6 Å². The lowest BCUT2D eigenvalue weighted by atomic mass is 9.47. The van der Waals surface area contributed by atoms with Gasteiger partial charge >= 0.3 is 0 Å². The van der Waals surface area contributed by atoms with Crippen molar-refractivity contribution in [3.8, 4) is 0 Å². The molecule has 4 nitrogen and oxygen atoms in total. The minimum absolute atomic E-state index is 0.0785. The predicted octanol–water partition coefficient (Wildman–Crippen LogP) is 3.94. The first-order valence-corrected chi connectivity index (χ1v) is 9.88. The van der Waals surface area contributed by atoms with Crippen LogP contribution in [0.15, 0.2) is 6.20 Å². The van der Waals surface area contributed by atoms with E-state index < -0.39 is 0 Å². The molecular weight excluding hydrogens is 298 g/mol. The van der Waals surface area contributed by atoms with Crippen molar-refractivity contribution in [2.24, 2.45) is 23.2 Å². The van der Waals surface area contributed by atoms with Gasteiger partial charge in [0.15, 0.2) is 0 Å². The second kappa shape index (κ2) is 5.89. The minimum atomic E-state index is 0.0785. The molecule has 0 saturated heterocycles. The van der Waals surface area contributed by atoms with Crippen molar-refractivity contribution >= 4 is 5.91 Å². The Kier molecular flexibility index (Phi) is 3.97. The van der Waals surface area contributed by atoms with Crippen LogP contribution in [0.2, 0.25) is 0 Å². The monoisotopic (exact) mass is 329 g/mol. The molecule has 0 spiro atoms. The van der Waals surface area contributed by atoms with E-state index in [0.29, 0.717) is 11.5 Å². The summed E-state index contributed by atoms with van der Waals surface area (Å²) in [4.78, 5) is 12.9. The summed E-state index contributed by atoms with van der Waals surface area (Å²) in [6.07, 6.45) is 11.1. The highest BCUT2D eigenvalue weighted by molar-refractivity contribution is 5.95. The van der Waals surface area contributed by atoms with Gasteiger partial charge in [0.05, 0.1) is 11.8 Å². The number of nitrogens with one attached hydrogen (secondary N) is 1. The number of carbonyl (C=O) groups excluding carboxylic acids is 1. The molecule has 1 aromatic rings. The number of amides is 1. The number of rotatable bonds is 5. The summed E-state index contributed by atoms with van der Waals surface area (Å²) >= 11 is 0. The largest absolute Gasteiger partial charge is 0.349 e. The number of hydrogen-bond acceptors (Lipinski definition) is 2. The molecule has 1 amide bonds. The second-order valence-corrected chi connectivity index (χ2v) is 8.67. The van der Waals surface area contributed by atoms with E-state index in [1.165, 1.54) is 38.5 Å². The summed E-state index contributed by atoms with van der Waals surface area (Å²) < 4.78 is 1.90. The van der Waals surface area contributed by atoms with Gasteiger partial charge in [0, 0.05) is 18.3 Å². The zero-order chi connectivity index (χ0) is 16.9. The molecule has 0 aromatic carbocycles. The van der Waals surface area contributed by atoms with Crippen LogP contribution >= 0.6 is 0 Å². The van der Waals surface area contributed by atoms with Crippen molar-refractivity contribution in [1.29, 1.82) is 0 Å². The third-order valence-electron chi connectivity index (χ3n) is 7.19. The van der Waals surface area contributed by atoms with Crippen LogP contribution < -0.4 is 5.32 Å². The molecule has 1 aromatic heterocycles. The highest BCUT2D eigenvalue weighted by Crippen LogP contribution is 2.61. The van der Waals surface area contributed by atoms with Crippen LogP contribution in [-0.4, -0.2) is 21.7 Å². The van der Waals surface area contributed by atoms with E-state index in [2.05, 4.69) is 24.3 Å². The van der Waals surface area contributed by atoms with Gasteiger partial charge in [-0.15, -0.1) is 0 Å². The van der Waals surface area contributed by atoms with Gasteiger partial charge in [0.1, 0.15) is 0 Å². The van der Waals surface area contributed by atoms with Gasteiger partial charge in [-0.3, -0.25) is 9.48 Å². The first kappa shape index (κ1) is 16.2. The average molecular weight is 329 g/mol. The zero-order valence-electron chi connectivity index (χ0n) is 15.3. The molecule has 4 saturated carbocycles. The lowest BCUT2D eigenvalue weighted by Crippen LogP contribution is -2.56. The smallest absolute Gasteiger partial charge is 0.254 e. The van der Waals surface area contributed by atoms with E-state index >= 15 is 0 Å². The van der Waals surface area contributed by atoms with Crippen molar-refractivity contribution in [2.75, 3.05) is 0 Å². The third-order valence-corrected chi connectivity index (χ3v) is 7.19. The first-order valence-electron chi connectivity index (χ1n) is 9.88. The van der Waals surface area contributed by atoms with Crippen LogP contribution in [0, 0.1) is 30.1 Å². The maximum atomic E-state index is 12.9. The molecular formula is C20H31N3O. The Morgan fingerprint density at radius 1 is 1.25 bits per heavy atom. The summed E-state index contributed by atoms with van der Waals surface area (Å²) in [6, 6.07) is 0.322. The van der Waals surface area contributed by atoms with Crippen LogP contribution in [0.5, 0.6) is 0 Å². The second-order valence-electron chi connectivity index (χ2n) is 8.67. The highest BCUT2D eigenvalue weighted by Gasteiger charge is 2.54. The average Bonchev–Trinajstić information content (AvgIpc) is 2.91. The number of aryl methyl sites for hydroxylation is 1. The van der Waals surface area contributed by atoms with Crippen molar-refractivity contribution in [2.45, 2.75) is 78.3 Å². The van der Waals surface area contributed by atoms with Gasteiger partial charge in [-0.1, -0.05) is 6.92 Å². The van der Waals surface area contributed by atoms with Crippen molar-refractivity contribution in [3.05, 3.63) is 17.5 Å². The van der Waals surface area contributed by atoms with Crippen molar-refractivity contribution in [1.82, 2.24) is 15.1 Å². The molecule has 4 fully saturated rings. The van der Waals surface area contributed by atoms with Gasteiger partial charge in [0.25, 0.3) is 5.91 Å². The molecule has 1 atom stereocenters. The van der Waals surface area contributed by atoms with E-state index in [1.54, 1.807) is 6.20 Å². The maximum Gasteiger partial charge on any atom is 0.254 e. The molecule has 4 aliphatic rings. The summed E-state index contributed by atoms with van der Waals surface area (Å²) in [5.74, 6) is 2.85. The van der Waals surface area contributed by atoms with Crippen LogP contribution in [0.4, 0.5) is 0 Å². The molecule has 4 heteroatoms. The lowest BCUT2D eigenvalue weighted by Gasteiger charge is -2.59. The molecule has 4 bridgehead atoms. The molecule has 0 aliphatic heterocycles. The standard InChI is InChI=1S/C20H31N3O/c1-4-18(22-19(24)17-12-21-23(5-2)13(17)3)20-9-14-6-15(10-20)8-16(7-14)11-20/h12,14-16,18H,4-11H2,1-3H3,(H,22,24). The predicted molar refractivity (Wildman–Crippen MR) is 94.8 cm³/mol. The van der Waals surface area contributed by atoms with Gasteiger partial charge in [0.2, 0.25) is 0 Å². The minimum Gasteiger partial charge on any atom is -0.349 e. The van der Waals surface area contributed by atoms with E-state index in [9.17, 15) is 4.79 Å². The topological polar surface area (TPSA) is 46.9 Å². The number of aromatic nitrogens is 2. The van der Waals surface area contributed by atoms with Gasteiger partial charge in [-0.25, -0.2) is 0 Å². The number of hydrogen-bond donors (Lipinski definition) is 1. The lowest BCUT2D eigenvalue weighted by molar-refractivity contribution is -0.0727. The van der Waals surface area contributed by atoms with E-state index in [4.69, 9.17) is 0 Å². The molecule has 24 heavy (non-hydrogen) atoms. The maximum absolute atomic E-state index is 12.9. The number of carbonyl (C=O) groups is 1. The first-order chi connectivity index (χ1) is 11.5. The fourth-order valence-electron chi connectivity index (χ4n) is 6.52. The summed E-state index contributed by atoms with van der Waals surface area (Å²) in [5.41, 5.74) is 2.10. The van der Waals surface area contributed by atoms with Crippen LogP contribution in [0.25, 0.3) is 0 Å². The Bertz CT molecular complexity index is 598. The molecule has 1 unspecified atom stereocenters. The Morgan fingerprint density at radius 3 is 2.29 bits per heavy atom. The molecule has 1 N–H and O–H groups in total. The molecule has 4 aliphatic carbocycles. The quantitative estimate of drug-likeness (QED) is 0.889.